The van der Waals surface area contributed by atoms with Gasteiger partial charge in [-0.2, -0.15) is 0 Å². The van der Waals surface area contributed by atoms with Gasteiger partial charge in [0.2, 0.25) is 0 Å². The van der Waals surface area contributed by atoms with Gasteiger partial charge in [-0.3, -0.25) is 9.36 Å². The van der Waals surface area contributed by atoms with Crippen LogP contribution >= 0.6 is 11.8 Å². The van der Waals surface area contributed by atoms with E-state index in [4.69, 9.17) is 0 Å². The number of hydrogen-bond acceptors (Lipinski definition) is 4. The van der Waals surface area contributed by atoms with Crippen LogP contribution in [-0.4, -0.2) is 26.3 Å². The lowest BCUT2D eigenvalue weighted by Crippen LogP contribution is -2.07. The number of thioether (sulfide) groups is 1. The summed E-state index contributed by atoms with van der Waals surface area (Å²) in [5.74, 6) is 1.15. The third-order valence-electron chi connectivity index (χ3n) is 5.19. The Morgan fingerprint density at radius 2 is 1.74 bits per heavy atom. The summed E-state index contributed by atoms with van der Waals surface area (Å²) in [6.45, 7) is 0. The molecule has 0 radical (unpaired) electrons. The molecule has 2 aromatic carbocycles. The predicted octanol–water partition coefficient (Wildman–Crippen LogP) is 5.29. The van der Waals surface area contributed by atoms with Crippen molar-refractivity contribution in [3.63, 3.8) is 0 Å². The largest absolute Gasteiger partial charge is 0.293 e. The van der Waals surface area contributed by atoms with Gasteiger partial charge in [-0.05, 0) is 36.5 Å². The van der Waals surface area contributed by atoms with Gasteiger partial charge in [0.25, 0.3) is 0 Å². The number of ketones is 1. The molecule has 1 aromatic heterocycles. The molecule has 3 aromatic rings. The highest BCUT2D eigenvalue weighted by Gasteiger charge is 2.16. The zero-order chi connectivity index (χ0) is 18.5. The van der Waals surface area contributed by atoms with Crippen LogP contribution in [0.5, 0.6) is 0 Å². The van der Waals surface area contributed by atoms with E-state index in [0.717, 1.165) is 16.4 Å². The Bertz CT molecular complexity index is 883. The average molecular weight is 378 g/mol. The van der Waals surface area contributed by atoms with Crippen molar-refractivity contribution in [3.8, 4) is 5.69 Å². The molecule has 1 saturated carbocycles. The van der Waals surface area contributed by atoms with Gasteiger partial charge >= 0.3 is 0 Å². The highest BCUT2D eigenvalue weighted by atomic mass is 32.2. The molecule has 0 bridgehead atoms. The monoisotopic (exact) mass is 377 g/mol. The van der Waals surface area contributed by atoms with Crippen LogP contribution in [0.3, 0.4) is 0 Å². The van der Waals surface area contributed by atoms with Crippen molar-refractivity contribution >= 4 is 17.5 Å². The summed E-state index contributed by atoms with van der Waals surface area (Å²) in [5.41, 5.74) is 3.14. The first-order chi connectivity index (χ1) is 13.3. The van der Waals surface area contributed by atoms with Crippen LogP contribution in [0.1, 0.15) is 53.9 Å². The number of benzene rings is 2. The fraction of sp³-hybridized carbons (Fsp3) is 0.318. The summed E-state index contributed by atoms with van der Waals surface area (Å²) in [6.07, 6.45) is 8.24. The number of carbonyl (C=O) groups is 1. The standard InChI is InChI=1S/C22H23N3OS/c26-21(19-13-11-18(12-14-19)17-7-3-1-4-8-17)15-27-22-24-23-16-25(22)20-9-5-2-6-10-20/h2,5-6,9-14,16-17H,1,3-4,7-8,15H2. The molecule has 1 heterocycles. The van der Waals surface area contributed by atoms with Crippen LogP contribution in [-0.2, 0) is 0 Å². The normalized spacial score (nSPS) is 15.0. The summed E-state index contributed by atoms with van der Waals surface area (Å²) in [6, 6.07) is 18.2. The van der Waals surface area contributed by atoms with Crippen LogP contribution in [0.2, 0.25) is 0 Å². The molecule has 5 heteroatoms. The molecule has 0 spiro atoms. The Labute approximate surface area is 164 Å². The van der Waals surface area contributed by atoms with Gasteiger partial charge in [-0.1, -0.05) is 73.5 Å². The lowest BCUT2D eigenvalue weighted by molar-refractivity contribution is 0.102. The van der Waals surface area contributed by atoms with E-state index in [1.165, 1.54) is 49.4 Å². The van der Waals surface area contributed by atoms with Gasteiger partial charge in [0.1, 0.15) is 6.33 Å². The van der Waals surface area contributed by atoms with Crippen molar-refractivity contribution in [3.05, 3.63) is 72.1 Å². The van der Waals surface area contributed by atoms with Crippen LogP contribution in [0.15, 0.2) is 66.1 Å². The van der Waals surface area contributed by atoms with Crippen molar-refractivity contribution in [2.45, 2.75) is 43.2 Å². The summed E-state index contributed by atoms with van der Waals surface area (Å²) in [4.78, 5) is 12.6. The Kier molecular flexibility index (Phi) is 5.68. The maximum Gasteiger partial charge on any atom is 0.196 e. The Hall–Kier alpha value is -2.40. The van der Waals surface area contributed by atoms with Crippen LogP contribution in [0.25, 0.3) is 5.69 Å². The molecule has 4 nitrogen and oxygen atoms in total. The molecule has 1 aliphatic carbocycles. The van der Waals surface area contributed by atoms with Crippen molar-refractivity contribution in [1.29, 1.82) is 0 Å². The highest BCUT2D eigenvalue weighted by molar-refractivity contribution is 7.99. The zero-order valence-electron chi connectivity index (χ0n) is 15.3. The molecule has 0 aliphatic heterocycles. The van der Waals surface area contributed by atoms with Crippen molar-refractivity contribution in [2.24, 2.45) is 0 Å². The first-order valence-electron chi connectivity index (χ1n) is 9.52. The maximum atomic E-state index is 12.6. The Morgan fingerprint density at radius 1 is 1.00 bits per heavy atom. The van der Waals surface area contributed by atoms with E-state index >= 15 is 0 Å². The summed E-state index contributed by atoms with van der Waals surface area (Å²) in [5, 5.41) is 8.88. The lowest BCUT2D eigenvalue weighted by atomic mass is 9.84. The van der Waals surface area contributed by atoms with Crippen molar-refractivity contribution in [1.82, 2.24) is 14.8 Å². The SMILES string of the molecule is O=C(CSc1nncn1-c1ccccc1)c1ccc(C2CCCCC2)cc1. The molecule has 0 atom stereocenters. The quantitative estimate of drug-likeness (QED) is 0.432. The molecular weight excluding hydrogens is 354 g/mol. The predicted molar refractivity (Wildman–Crippen MR) is 109 cm³/mol. The van der Waals surface area contributed by atoms with Gasteiger partial charge < -0.3 is 0 Å². The minimum absolute atomic E-state index is 0.123. The second-order valence-corrected chi connectivity index (χ2v) is 7.93. The molecule has 1 fully saturated rings. The van der Waals surface area contributed by atoms with Gasteiger partial charge in [0.05, 0.1) is 5.75 Å². The average Bonchev–Trinajstić information content (AvgIpc) is 3.22. The number of para-hydroxylation sites is 1. The first kappa shape index (κ1) is 18.0. The van der Waals surface area contributed by atoms with Crippen molar-refractivity contribution < 1.29 is 4.79 Å². The Morgan fingerprint density at radius 3 is 2.48 bits per heavy atom. The molecule has 1 aliphatic rings. The second kappa shape index (κ2) is 8.53. The third kappa shape index (κ3) is 4.30. The molecule has 0 amide bonds. The molecule has 27 heavy (non-hydrogen) atoms. The fourth-order valence-corrected chi connectivity index (χ4v) is 4.50. The van der Waals surface area contributed by atoms with Gasteiger partial charge in [-0.15, -0.1) is 10.2 Å². The van der Waals surface area contributed by atoms with Crippen LogP contribution in [0.4, 0.5) is 0 Å². The Balaban J connectivity index is 1.39. The number of rotatable bonds is 6. The van der Waals surface area contributed by atoms with E-state index < -0.39 is 0 Å². The van der Waals surface area contributed by atoms with Crippen molar-refractivity contribution in [2.75, 3.05) is 5.75 Å². The number of hydrogen-bond donors (Lipinski definition) is 0. The number of aromatic nitrogens is 3. The number of nitrogens with zero attached hydrogens (tertiary/aromatic N) is 3. The topological polar surface area (TPSA) is 47.8 Å². The van der Waals surface area contributed by atoms with E-state index in [0.29, 0.717) is 11.7 Å². The summed E-state index contributed by atoms with van der Waals surface area (Å²) >= 11 is 1.42. The van der Waals surface area contributed by atoms with E-state index in [2.05, 4.69) is 22.3 Å². The van der Waals surface area contributed by atoms with Gasteiger partial charge in [0, 0.05) is 11.3 Å². The molecule has 0 N–H and O–H groups in total. The number of Topliss-reactive ketones (excluding diaryl/α,β-unsaturated/α-hetero) is 1. The first-order valence-corrected chi connectivity index (χ1v) is 10.5. The second-order valence-electron chi connectivity index (χ2n) is 6.99. The number of carbonyl (C=O) groups excluding carboxylic acids is 1. The molecule has 138 valence electrons. The van der Waals surface area contributed by atoms with Gasteiger partial charge in [0.15, 0.2) is 10.9 Å². The molecule has 0 saturated heterocycles. The van der Waals surface area contributed by atoms with Gasteiger partial charge in [-0.25, -0.2) is 0 Å². The molecular formula is C22H23N3OS. The van der Waals surface area contributed by atoms with Crippen LogP contribution < -0.4 is 0 Å². The third-order valence-corrected chi connectivity index (χ3v) is 6.14. The smallest absolute Gasteiger partial charge is 0.196 e. The van der Waals surface area contributed by atoms with E-state index in [-0.39, 0.29) is 5.78 Å². The maximum absolute atomic E-state index is 12.6. The van der Waals surface area contributed by atoms with E-state index in [1.54, 1.807) is 6.33 Å². The molecule has 0 unspecified atom stereocenters. The molecule has 4 rings (SSSR count). The minimum atomic E-state index is 0.123. The fourth-order valence-electron chi connectivity index (χ4n) is 3.68. The lowest BCUT2D eigenvalue weighted by Gasteiger charge is -2.22. The minimum Gasteiger partial charge on any atom is -0.293 e. The zero-order valence-corrected chi connectivity index (χ0v) is 16.1. The highest BCUT2D eigenvalue weighted by Crippen LogP contribution is 2.32. The summed E-state index contributed by atoms with van der Waals surface area (Å²) < 4.78 is 1.91. The van der Waals surface area contributed by atoms with E-state index in [1.807, 2.05) is 47.0 Å². The van der Waals surface area contributed by atoms with Crippen LogP contribution in [0, 0.1) is 0 Å². The van der Waals surface area contributed by atoms with E-state index in [9.17, 15) is 4.79 Å². The summed E-state index contributed by atoms with van der Waals surface area (Å²) in [7, 11) is 0.